The molecule has 2 atom stereocenters. The van der Waals surface area contributed by atoms with Gasteiger partial charge in [0.2, 0.25) is 10.0 Å². The van der Waals surface area contributed by atoms with Gasteiger partial charge in [-0.05, 0) is 92.7 Å². The second-order valence-corrected chi connectivity index (χ2v) is 14.5. The van der Waals surface area contributed by atoms with Crippen molar-refractivity contribution in [2.24, 2.45) is 11.3 Å². The third kappa shape index (κ3) is 5.23. The molecular weight excluding hydrogens is 537 g/mol. The molecule has 0 amide bonds. The normalized spacial score (nSPS) is 28.3. The van der Waals surface area contributed by atoms with E-state index < -0.39 is 27.7 Å². The molecule has 3 aliphatic carbocycles. The number of hydrogen-bond acceptors (Lipinski definition) is 5. The van der Waals surface area contributed by atoms with Gasteiger partial charge in [0.15, 0.2) is 0 Å². The van der Waals surface area contributed by atoms with E-state index in [1.54, 1.807) is 13.0 Å². The van der Waals surface area contributed by atoms with Crippen LogP contribution in [0.3, 0.4) is 0 Å². The Kier molecular flexibility index (Phi) is 7.32. The van der Waals surface area contributed by atoms with Gasteiger partial charge in [0.25, 0.3) is 0 Å². The minimum atomic E-state index is -3.44. The van der Waals surface area contributed by atoms with Crippen molar-refractivity contribution in [2.75, 3.05) is 48.6 Å². The maximum absolute atomic E-state index is 15.9. The molecule has 0 unspecified atom stereocenters. The molecule has 2 aromatic carbocycles. The Bertz CT molecular complexity index is 1340. The number of likely N-dealkylation sites (tertiary alicyclic amines) is 1. The maximum Gasteiger partial charge on any atom is 0.232 e. The van der Waals surface area contributed by atoms with E-state index in [0.29, 0.717) is 30.8 Å². The zero-order chi connectivity index (χ0) is 28.2. The molecule has 2 aliphatic heterocycles. The fourth-order valence-corrected chi connectivity index (χ4v) is 7.96. The number of anilines is 2. The number of hydrogen-bond donors (Lipinski definition) is 2. The first-order valence-electron chi connectivity index (χ1n) is 14.5. The molecule has 218 valence electrons. The average molecular weight is 577 g/mol. The van der Waals surface area contributed by atoms with E-state index in [2.05, 4.69) is 26.8 Å². The summed E-state index contributed by atoms with van der Waals surface area (Å²) in [6, 6.07) is 7.65. The second-order valence-electron chi connectivity index (χ2n) is 12.5. The van der Waals surface area contributed by atoms with Gasteiger partial charge >= 0.3 is 0 Å². The summed E-state index contributed by atoms with van der Waals surface area (Å²) >= 11 is 0. The van der Waals surface area contributed by atoms with Gasteiger partial charge in [0.05, 0.1) is 24.5 Å². The highest BCUT2D eigenvalue weighted by atomic mass is 32.2. The molecule has 1 saturated heterocycles. The van der Waals surface area contributed by atoms with Gasteiger partial charge in [0.1, 0.15) is 11.6 Å². The van der Waals surface area contributed by atoms with E-state index in [1.165, 1.54) is 31.4 Å². The fraction of sp³-hybridized carbons (Fsp3) is 0.600. The zero-order valence-corrected chi connectivity index (χ0v) is 24.0. The summed E-state index contributed by atoms with van der Waals surface area (Å²) < 4.78 is 71.3. The minimum Gasteiger partial charge on any atom is -0.380 e. The highest BCUT2D eigenvalue weighted by Crippen LogP contribution is 2.65. The van der Waals surface area contributed by atoms with Crippen LogP contribution in [0.25, 0.3) is 0 Å². The summed E-state index contributed by atoms with van der Waals surface area (Å²) in [5.74, 6) is -0.398. The molecule has 0 radical (unpaired) electrons. The van der Waals surface area contributed by atoms with Crippen LogP contribution in [0.1, 0.15) is 62.3 Å². The molecule has 2 aromatic rings. The number of fused-ring (bicyclic) bond motifs is 1. The van der Waals surface area contributed by atoms with E-state index in [4.69, 9.17) is 0 Å². The summed E-state index contributed by atoms with van der Waals surface area (Å²) in [5, 5.41) is 3.24. The quantitative estimate of drug-likeness (QED) is 0.379. The van der Waals surface area contributed by atoms with Crippen molar-refractivity contribution in [1.82, 2.24) is 9.80 Å². The number of halogens is 3. The van der Waals surface area contributed by atoms with Crippen molar-refractivity contribution >= 4 is 21.4 Å². The first kappa shape index (κ1) is 27.8. The number of rotatable bonds is 11. The van der Waals surface area contributed by atoms with E-state index >= 15 is 8.78 Å². The highest BCUT2D eigenvalue weighted by molar-refractivity contribution is 7.92. The van der Waals surface area contributed by atoms with Crippen LogP contribution in [-0.2, 0) is 16.4 Å². The van der Waals surface area contributed by atoms with Crippen molar-refractivity contribution in [1.29, 1.82) is 0 Å². The van der Waals surface area contributed by atoms with Crippen molar-refractivity contribution in [3.63, 3.8) is 0 Å². The predicted octanol–water partition coefficient (Wildman–Crippen LogP) is 5.32. The lowest BCUT2D eigenvalue weighted by molar-refractivity contribution is -0.135. The Labute approximate surface area is 235 Å². The van der Waals surface area contributed by atoms with Gasteiger partial charge in [-0.25, -0.2) is 17.2 Å². The Balaban J connectivity index is 1.30. The molecule has 7 rings (SSSR count). The van der Waals surface area contributed by atoms with Crippen LogP contribution >= 0.6 is 0 Å². The molecule has 3 saturated carbocycles. The molecule has 2 heterocycles. The summed E-state index contributed by atoms with van der Waals surface area (Å²) in [5.41, 5.74) is 2.91. The lowest BCUT2D eigenvalue weighted by Crippen LogP contribution is -2.60. The van der Waals surface area contributed by atoms with Crippen LogP contribution in [0.5, 0.6) is 0 Å². The summed E-state index contributed by atoms with van der Waals surface area (Å²) in [4.78, 5) is 4.40. The molecule has 0 spiro atoms. The van der Waals surface area contributed by atoms with E-state index in [9.17, 15) is 12.8 Å². The van der Waals surface area contributed by atoms with Crippen molar-refractivity contribution in [3.05, 3.63) is 58.7 Å². The van der Waals surface area contributed by atoms with Crippen molar-refractivity contribution in [3.8, 4) is 0 Å². The van der Waals surface area contributed by atoms with Gasteiger partial charge < -0.3 is 5.32 Å². The molecule has 4 fully saturated rings. The number of alkyl halides is 1. The summed E-state index contributed by atoms with van der Waals surface area (Å²) in [7, 11) is -3.44. The van der Waals surface area contributed by atoms with Gasteiger partial charge in [-0.3, -0.25) is 18.9 Å². The zero-order valence-electron chi connectivity index (χ0n) is 23.2. The Morgan fingerprint density at radius 2 is 1.75 bits per heavy atom. The van der Waals surface area contributed by atoms with Gasteiger partial charge in [-0.1, -0.05) is 6.07 Å². The first-order valence-corrected chi connectivity index (χ1v) is 16.2. The number of sulfonamides is 1. The Morgan fingerprint density at radius 1 is 1.05 bits per heavy atom. The smallest absolute Gasteiger partial charge is 0.232 e. The number of benzene rings is 2. The third-order valence-electron chi connectivity index (χ3n) is 9.48. The SMILES string of the molecule is CCS(=O)(=O)Nc1ccc2c(c1)C[C@@H](C)N(CC13CC(C1)C3)[C@@H]2c1c(F)cc(NC2CN(CCCF)C2)cc1F. The van der Waals surface area contributed by atoms with Crippen LogP contribution in [0.4, 0.5) is 24.5 Å². The van der Waals surface area contributed by atoms with E-state index in [1.807, 2.05) is 12.1 Å². The number of nitrogens with zero attached hydrogens (tertiary/aromatic N) is 2. The molecule has 5 aliphatic rings. The molecule has 40 heavy (non-hydrogen) atoms. The highest BCUT2D eigenvalue weighted by Gasteiger charge is 2.58. The third-order valence-corrected chi connectivity index (χ3v) is 10.8. The molecule has 0 aromatic heterocycles. The van der Waals surface area contributed by atoms with Crippen LogP contribution in [0.15, 0.2) is 30.3 Å². The van der Waals surface area contributed by atoms with Gasteiger partial charge in [-0.2, -0.15) is 0 Å². The topological polar surface area (TPSA) is 64.7 Å². The van der Waals surface area contributed by atoms with Crippen molar-refractivity contribution in [2.45, 2.75) is 64.1 Å². The standard InChI is InChI=1S/C30H39F3N4O2S/c1-3-40(38,39)35-22-5-6-25-21(10-22)9-19(2)37(18-30-13-20(14-30)15-30)29(25)28-26(32)11-23(12-27(28)33)34-24-16-36(17-24)8-4-7-31/h5-6,10-12,19-20,24,29,34-35H,3-4,7-9,13-18H2,1-2H3/t19-,20?,29+,30?/m1/s1. The average Bonchev–Trinajstić information content (AvgIpc) is 2.82. The van der Waals surface area contributed by atoms with E-state index in [-0.39, 0.29) is 35.5 Å². The van der Waals surface area contributed by atoms with E-state index in [0.717, 1.165) is 36.7 Å². The molecule has 10 heteroatoms. The van der Waals surface area contributed by atoms with Crippen LogP contribution in [-0.4, -0.2) is 68.9 Å². The summed E-state index contributed by atoms with van der Waals surface area (Å²) in [6.45, 7) is 6.27. The van der Waals surface area contributed by atoms with Crippen LogP contribution < -0.4 is 10.0 Å². The molecular formula is C30H39F3N4O2S. The monoisotopic (exact) mass is 576 g/mol. The first-order chi connectivity index (χ1) is 19.1. The summed E-state index contributed by atoms with van der Waals surface area (Å²) in [6.07, 6.45) is 4.73. The maximum atomic E-state index is 15.9. The molecule has 2 N–H and O–H groups in total. The number of nitrogens with one attached hydrogen (secondary N) is 2. The van der Waals surface area contributed by atoms with Crippen molar-refractivity contribution < 1.29 is 21.6 Å². The van der Waals surface area contributed by atoms with Gasteiger partial charge in [-0.15, -0.1) is 0 Å². The Hall–Kier alpha value is -2.30. The van der Waals surface area contributed by atoms with Crippen LogP contribution in [0, 0.1) is 23.0 Å². The Morgan fingerprint density at radius 3 is 2.35 bits per heavy atom. The van der Waals surface area contributed by atoms with Gasteiger partial charge in [0, 0.05) is 49.2 Å². The fourth-order valence-electron chi connectivity index (χ4n) is 7.33. The lowest BCUT2D eigenvalue weighted by Gasteiger charge is -2.64. The lowest BCUT2D eigenvalue weighted by atomic mass is 9.44. The van der Waals surface area contributed by atoms with Crippen LogP contribution in [0.2, 0.25) is 0 Å². The second kappa shape index (κ2) is 10.5. The largest absolute Gasteiger partial charge is 0.380 e. The predicted molar refractivity (Wildman–Crippen MR) is 152 cm³/mol. The minimum absolute atomic E-state index is 0.0337. The molecule has 6 nitrogen and oxygen atoms in total. The molecule has 2 bridgehead atoms.